The van der Waals surface area contributed by atoms with Gasteiger partial charge in [0.1, 0.15) is 5.58 Å². The van der Waals surface area contributed by atoms with Crippen LogP contribution in [-0.4, -0.2) is 9.13 Å². The molecule has 0 aliphatic carbocycles. The summed E-state index contributed by atoms with van der Waals surface area (Å²) < 4.78 is 11.5. The SMILES string of the molecule is c1ccc(-c2cc(-c3ccccc3)cc(-c3cccc(-n4c5ccccc5c5cc(-c6ccc7c(c6)c6cc(-c8ccccc8)ccc6n7-c6cccc7c6oc6ccccc67)ccc54)c3)c2)cc1. The van der Waals surface area contributed by atoms with Crippen LogP contribution in [0.4, 0.5) is 0 Å². The number of hydrogen-bond acceptors (Lipinski definition) is 1. The molecule has 3 heterocycles. The lowest BCUT2D eigenvalue weighted by Crippen LogP contribution is -1.95. The summed E-state index contributed by atoms with van der Waals surface area (Å²) in [7, 11) is 0. The van der Waals surface area contributed by atoms with E-state index in [4.69, 9.17) is 4.42 Å². The summed E-state index contributed by atoms with van der Waals surface area (Å²) in [5.74, 6) is 0. The number of benzene rings is 11. The Morgan fingerprint density at radius 2 is 0.652 bits per heavy atom. The van der Waals surface area contributed by atoms with Crippen molar-refractivity contribution in [3.63, 3.8) is 0 Å². The number of nitrogens with zero attached hydrogens (tertiary/aromatic N) is 2. The number of furan rings is 1. The van der Waals surface area contributed by atoms with Crippen LogP contribution in [0.2, 0.25) is 0 Å². The van der Waals surface area contributed by atoms with E-state index >= 15 is 0 Å². The highest BCUT2D eigenvalue weighted by molar-refractivity contribution is 6.15. The van der Waals surface area contributed by atoms with Gasteiger partial charge in [-0.1, -0.05) is 170 Å². The van der Waals surface area contributed by atoms with Crippen LogP contribution < -0.4 is 0 Å². The molecule has 0 radical (unpaired) electrons. The number of aromatic nitrogens is 2. The van der Waals surface area contributed by atoms with Gasteiger partial charge in [-0.15, -0.1) is 0 Å². The summed E-state index contributed by atoms with van der Waals surface area (Å²) >= 11 is 0. The highest BCUT2D eigenvalue weighted by atomic mass is 16.3. The van der Waals surface area contributed by atoms with Gasteiger partial charge in [0.15, 0.2) is 5.58 Å². The van der Waals surface area contributed by atoms with Gasteiger partial charge in [-0.3, -0.25) is 0 Å². The van der Waals surface area contributed by atoms with Crippen LogP contribution in [0, 0.1) is 0 Å². The fourth-order valence-electron chi connectivity index (χ4n) is 10.8. The van der Waals surface area contributed by atoms with Crippen molar-refractivity contribution in [2.24, 2.45) is 0 Å². The van der Waals surface area contributed by atoms with Crippen LogP contribution in [0.1, 0.15) is 0 Å². The zero-order chi connectivity index (χ0) is 45.4. The molecule has 0 amide bonds. The third-order valence-electron chi connectivity index (χ3n) is 14.1. The van der Waals surface area contributed by atoms with Gasteiger partial charge in [0.2, 0.25) is 0 Å². The maximum absolute atomic E-state index is 6.65. The zero-order valence-corrected chi connectivity index (χ0v) is 37.6. The van der Waals surface area contributed by atoms with Crippen LogP contribution in [0.3, 0.4) is 0 Å². The summed E-state index contributed by atoms with van der Waals surface area (Å²) in [6.45, 7) is 0. The normalized spacial score (nSPS) is 11.8. The second-order valence-corrected chi connectivity index (χ2v) is 18.1. The number of rotatable bonds is 7. The highest BCUT2D eigenvalue weighted by Gasteiger charge is 2.20. The second-order valence-electron chi connectivity index (χ2n) is 18.1. The van der Waals surface area contributed by atoms with E-state index in [0.29, 0.717) is 0 Å². The number of para-hydroxylation sites is 3. The maximum Gasteiger partial charge on any atom is 0.159 e. The van der Waals surface area contributed by atoms with E-state index in [1.54, 1.807) is 0 Å². The van der Waals surface area contributed by atoms with Gasteiger partial charge < -0.3 is 13.6 Å². The van der Waals surface area contributed by atoms with Gasteiger partial charge >= 0.3 is 0 Å². The number of hydrogen-bond donors (Lipinski definition) is 0. The molecule has 14 aromatic rings. The molecule has 0 aliphatic rings. The van der Waals surface area contributed by atoms with E-state index in [1.807, 2.05) is 6.07 Å². The van der Waals surface area contributed by atoms with Crippen LogP contribution >= 0.6 is 0 Å². The van der Waals surface area contributed by atoms with Crippen molar-refractivity contribution in [3.05, 3.63) is 255 Å². The average Bonchev–Trinajstić information content (AvgIpc) is 4.09. The quantitative estimate of drug-likeness (QED) is 0.156. The molecule has 69 heavy (non-hydrogen) atoms. The molecule has 3 aromatic heterocycles. The van der Waals surface area contributed by atoms with Gasteiger partial charge in [-0.25, -0.2) is 0 Å². The van der Waals surface area contributed by atoms with E-state index in [9.17, 15) is 0 Å². The predicted octanol–water partition coefficient (Wildman–Crippen LogP) is 18.1. The Morgan fingerprint density at radius 3 is 1.28 bits per heavy atom. The van der Waals surface area contributed by atoms with Crippen LogP contribution in [0.15, 0.2) is 259 Å². The maximum atomic E-state index is 6.65. The first kappa shape index (κ1) is 39.0. The Hall–Kier alpha value is -9.18. The third kappa shape index (κ3) is 6.43. The van der Waals surface area contributed by atoms with Crippen LogP contribution in [0.25, 0.3) is 133 Å². The minimum Gasteiger partial charge on any atom is -0.454 e. The Labute approximate surface area is 399 Å². The zero-order valence-electron chi connectivity index (χ0n) is 37.6. The van der Waals surface area contributed by atoms with E-state index < -0.39 is 0 Å². The van der Waals surface area contributed by atoms with Crippen LogP contribution in [0.5, 0.6) is 0 Å². The molecule has 0 spiro atoms. The summed E-state index contributed by atoms with van der Waals surface area (Å²) in [5.41, 5.74) is 20.4. The molecule has 0 N–H and O–H groups in total. The average molecular weight is 879 g/mol. The van der Waals surface area contributed by atoms with E-state index in [1.165, 1.54) is 88.2 Å². The van der Waals surface area contributed by atoms with Gasteiger partial charge in [0, 0.05) is 38.0 Å². The lowest BCUT2D eigenvalue weighted by molar-refractivity contribution is 0.666. The first-order valence-corrected chi connectivity index (χ1v) is 23.6. The molecule has 0 saturated carbocycles. The van der Waals surface area contributed by atoms with Crippen molar-refractivity contribution >= 4 is 65.6 Å². The monoisotopic (exact) mass is 878 g/mol. The largest absolute Gasteiger partial charge is 0.454 e. The van der Waals surface area contributed by atoms with E-state index in [2.05, 4.69) is 258 Å². The lowest BCUT2D eigenvalue weighted by Gasteiger charge is -2.14. The minimum absolute atomic E-state index is 0.888. The standard InChI is InChI=1S/C66H42N2O/c1-4-16-43(17-5-1)47-30-34-62-58(40-47)59-42-49(32-35-63(59)68(62)64-28-15-26-56-55-25-11-13-29-65(55)69-66(56)64)48-31-33-61-57(41-48)54-24-10-12-27-60(54)67(61)53-23-14-22-46(39-53)52-37-50(44-18-6-2-7-19-44)36-51(38-52)45-20-8-3-9-21-45/h1-42H. The Balaban J connectivity index is 0.921. The minimum atomic E-state index is 0.888. The lowest BCUT2D eigenvalue weighted by atomic mass is 9.93. The summed E-state index contributed by atoms with van der Waals surface area (Å²) in [4.78, 5) is 0. The predicted molar refractivity (Wildman–Crippen MR) is 290 cm³/mol. The van der Waals surface area contributed by atoms with Crippen molar-refractivity contribution in [1.82, 2.24) is 9.13 Å². The van der Waals surface area contributed by atoms with Crippen molar-refractivity contribution in [2.75, 3.05) is 0 Å². The molecular weight excluding hydrogens is 837 g/mol. The summed E-state index contributed by atoms with van der Waals surface area (Å²) in [6.07, 6.45) is 0. The van der Waals surface area contributed by atoms with Gasteiger partial charge in [-0.2, -0.15) is 0 Å². The molecule has 11 aromatic carbocycles. The van der Waals surface area contributed by atoms with Gasteiger partial charge in [0.05, 0.1) is 27.8 Å². The first-order valence-electron chi connectivity index (χ1n) is 23.6. The van der Waals surface area contributed by atoms with Crippen molar-refractivity contribution in [2.45, 2.75) is 0 Å². The fraction of sp³-hybridized carbons (Fsp3) is 0. The summed E-state index contributed by atoms with van der Waals surface area (Å²) in [6, 6.07) is 92.5. The van der Waals surface area contributed by atoms with Crippen molar-refractivity contribution in [3.8, 4) is 67.0 Å². The molecule has 0 atom stereocenters. The molecule has 3 nitrogen and oxygen atoms in total. The Kier molecular flexibility index (Phi) is 8.90. The van der Waals surface area contributed by atoms with Crippen molar-refractivity contribution < 1.29 is 4.42 Å². The van der Waals surface area contributed by atoms with Crippen LogP contribution in [-0.2, 0) is 0 Å². The molecule has 0 bridgehead atoms. The molecule has 3 heteroatoms. The van der Waals surface area contributed by atoms with E-state index in [0.717, 1.165) is 44.3 Å². The Bertz CT molecular complexity index is 4230. The highest BCUT2D eigenvalue weighted by Crippen LogP contribution is 2.42. The Morgan fingerprint density at radius 1 is 0.232 bits per heavy atom. The smallest absolute Gasteiger partial charge is 0.159 e. The van der Waals surface area contributed by atoms with Gasteiger partial charge in [0.25, 0.3) is 0 Å². The molecular formula is C66H42N2O. The van der Waals surface area contributed by atoms with Crippen molar-refractivity contribution in [1.29, 1.82) is 0 Å². The van der Waals surface area contributed by atoms with Gasteiger partial charge in [-0.05, 0) is 141 Å². The number of fused-ring (bicyclic) bond motifs is 9. The first-order chi connectivity index (χ1) is 34.2. The molecule has 0 fully saturated rings. The molecule has 322 valence electrons. The molecule has 14 rings (SSSR count). The topological polar surface area (TPSA) is 23.0 Å². The van der Waals surface area contributed by atoms with E-state index in [-0.39, 0.29) is 0 Å². The molecule has 0 unspecified atom stereocenters. The third-order valence-corrected chi connectivity index (χ3v) is 14.1. The molecule has 0 saturated heterocycles. The summed E-state index contributed by atoms with van der Waals surface area (Å²) in [5, 5.41) is 7.07. The second kappa shape index (κ2) is 15.7. The fourth-order valence-corrected chi connectivity index (χ4v) is 10.8. The molecule has 0 aliphatic heterocycles.